The third-order valence-electron chi connectivity index (χ3n) is 6.77. The van der Waals surface area contributed by atoms with Gasteiger partial charge in [0.15, 0.2) is 0 Å². The van der Waals surface area contributed by atoms with Crippen LogP contribution in [0.3, 0.4) is 0 Å². The van der Waals surface area contributed by atoms with Gasteiger partial charge in [-0.1, -0.05) is 24.3 Å². The first-order chi connectivity index (χ1) is 16.0. The number of likely N-dealkylation sites (N-methyl/N-ethyl adjacent to an activating group) is 1. The van der Waals surface area contributed by atoms with Gasteiger partial charge in [0.05, 0.1) is 32.5 Å². The SMILES string of the molecule is COc1ccc(C2CC(c3cccc(OC)c3)=NN2C(=O)CN(C)C2CCN(C)CC2)cc1. The normalized spacial score (nSPS) is 19.6. The molecule has 0 aromatic heterocycles. The van der Waals surface area contributed by atoms with Crippen LogP contribution in [0.4, 0.5) is 0 Å². The molecular weight excluding hydrogens is 416 g/mol. The number of hydrogen-bond acceptors (Lipinski definition) is 6. The van der Waals surface area contributed by atoms with Gasteiger partial charge in [-0.3, -0.25) is 9.69 Å². The molecule has 33 heavy (non-hydrogen) atoms. The van der Waals surface area contributed by atoms with E-state index in [2.05, 4.69) is 23.9 Å². The molecule has 0 spiro atoms. The van der Waals surface area contributed by atoms with Crippen molar-refractivity contribution >= 4 is 11.6 Å². The minimum Gasteiger partial charge on any atom is -0.497 e. The van der Waals surface area contributed by atoms with Crippen LogP contribution in [0, 0.1) is 0 Å². The van der Waals surface area contributed by atoms with Gasteiger partial charge >= 0.3 is 0 Å². The quantitative estimate of drug-likeness (QED) is 0.647. The summed E-state index contributed by atoms with van der Waals surface area (Å²) in [5.74, 6) is 1.60. The van der Waals surface area contributed by atoms with E-state index >= 15 is 0 Å². The van der Waals surface area contributed by atoms with E-state index in [1.54, 1.807) is 19.2 Å². The number of nitrogens with zero attached hydrogens (tertiary/aromatic N) is 4. The number of amides is 1. The van der Waals surface area contributed by atoms with Crippen LogP contribution in [0.5, 0.6) is 11.5 Å². The molecule has 176 valence electrons. The Morgan fingerprint density at radius 1 is 1.06 bits per heavy atom. The van der Waals surface area contributed by atoms with Crippen molar-refractivity contribution in [3.63, 3.8) is 0 Å². The monoisotopic (exact) mass is 450 g/mol. The van der Waals surface area contributed by atoms with Gasteiger partial charge in [0, 0.05) is 18.0 Å². The molecule has 7 heteroatoms. The first-order valence-electron chi connectivity index (χ1n) is 11.5. The van der Waals surface area contributed by atoms with Crippen LogP contribution in [-0.4, -0.2) is 80.4 Å². The number of hydrazone groups is 1. The zero-order valence-electron chi connectivity index (χ0n) is 20.0. The maximum Gasteiger partial charge on any atom is 0.257 e. The molecule has 2 aliphatic rings. The Hall–Kier alpha value is -2.90. The number of ether oxygens (including phenoxy) is 2. The number of rotatable bonds is 7. The minimum absolute atomic E-state index is 0.0233. The highest BCUT2D eigenvalue weighted by Gasteiger charge is 2.34. The summed E-state index contributed by atoms with van der Waals surface area (Å²) >= 11 is 0. The number of carbonyl (C=O) groups is 1. The van der Waals surface area contributed by atoms with Gasteiger partial charge in [0.1, 0.15) is 11.5 Å². The number of likely N-dealkylation sites (tertiary alicyclic amines) is 1. The summed E-state index contributed by atoms with van der Waals surface area (Å²) in [4.78, 5) is 18.0. The second kappa shape index (κ2) is 10.4. The first kappa shape index (κ1) is 23.3. The zero-order chi connectivity index (χ0) is 23.4. The third kappa shape index (κ3) is 5.37. The number of piperidine rings is 1. The van der Waals surface area contributed by atoms with Gasteiger partial charge in [-0.05, 0) is 69.9 Å². The van der Waals surface area contributed by atoms with Crippen molar-refractivity contribution in [1.29, 1.82) is 0 Å². The van der Waals surface area contributed by atoms with Gasteiger partial charge in [-0.2, -0.15) is 5.10 Å². The summed E-state index contributed by atoms with van der Waals surface area (Å²) < 4.78 is 10.7. The lowest BCUT2D eigenvalue weighted by Crippen LogP contribution is -2.45. The van der Waals surface area contributed by atoms with Crippen LogP contribution >= 0.6 is 0 Å². The van der Waals surface area contributed by atoms with Crippen molar-refractivity contribution in [2.24, 2.45) is 5.10 Å². The molecule has 1 atom stereocenters. The molecule has 0 aliphatic carbocycles. The maximum atomic E-state index is 13.5. The van der Waals surface area contributed by atoms with Gasteiger partial charge in [0.25, 0.3) is 5.91 Å². The molecule has 1 amide bonds. The number of methoxy groups -OCH3 is 2. The van der Waals surface area contributed by atoms with Crippen molar-refractivity contribution in [2.75, 3.05) is 47.9 Å². The van der Waals surface area contributed by atoms with Crippen LogP contribution in [-0.2, 0) is 4.79 Å². The Bertz CT molecular complexity index is 983. The molecule has 1 unspecified atom stereocenters. The fraction of sp³-hybridized carbons (Fsp3) is 0.462. The van der Waals surface area contributed by atoms with Crippen molar-refractivity contribution in [3.05, 3.63) is 59.7 Å². The van der Waals surface area contributed by atoms with Crippen LogP contribution in [0.15, 0.2) is 53.6 Å². The highest BCUT2D eigenvalue weighted by atomic mass is 16.5. The maximum absolute atomic E-state index is 13.5. The molecule has 1 saturated heterocycles. The largest absolute Gasteiger partial charge is 0.497 e. The van der Waals surface area contributed by atoms with E-state index in [1.165, 1.54) is 0 Å². The molecule has 2 heterocycles. The Labute approximate surface area is 196 Å². The summed E-state index contributed by atoms with van der Waals surface area (Å²) in [5.41, 5.74) is 2.92. The summed E-state index contributed by atoms with van der Waals surface area (Å²) in [6.07, 6.45) is 2.82. The smallest absolute Gasteiger partial charge is 0.257 e. The van der Waals surface area contributed by atoms with Crippen LogP contribution in [0.2, 0.25) is 0 Å². The fourth-order valence-electron chi connectivity index (χ4n) is 4.65. The van der Waals surface area contributed by atoms with E-state index in [0.717, 1.165) is 54.3 Å². The number of hydrogen-bond donors (Lipinski definition) is 0. The van der Waals surface area contributed by atoms with Crippen LogP contribution < -0.4 is 9.47 Å². The zero-order valence-corrected chi connectivity index (χ0v) is 20.0. The molecule has 7 nitrogen and oxygen atoms in total. The third-order valence-corrected chi connectivity index (χ3v) is 6.77. The molecule has 0 bridgehead atoms. The average molecular weight is 451 g/mol. The number of carbonyl (C=O) groups excluding carboxylic acids is 1. The van der Waals surface area contributed by atoms with Crippen LogP contribution in [0.25, 0.3) is 0 Å². The predicted molar refractivity (Wildman–Crippen MR) is 130 cm³/mol. The standard InChI is InChI=1S/C26H34N4O3/c1-28-14-12-21(13-15-28)29(2)18-26(31)30-25(19-8-10-22(32-3)11-9-19)17-24(27-30)20-6-5-7-23(16-20)33-4/h5-11,16,21,25H,12-15,17-18H2,1-4H3. The number of benzene rings is 2. The van der Waals surface area contributed by atoms with Gasteiger partial charge in [-0.25, -0.2) is 5.01 Å². The second-order valence-electron chi connectivity index (χ2n) is 8.96. The second-order valence-corrected chi connectivity index (χ2v) is 8.96. The summed E-state index contributed by atoms with van der Waals surface area (Å²) in [5, 5.41) is 6.51. The van der Waals surface area contributed by atoms with E-state index < -0.39 is 0 Å². The van der Waals surface area contributed by atoms with Crippen LogP contribution in [0.1, 0.15) is 36.4 Å². The molecule has 0 radical (unpaired) electrons. The molecule has 0 saturated carbocycles. The van der Waals surface area contributed by atoms with Gasteiger partial charge in [0.2, 0.25) is 0 Å². The lowest BCUT2D eigenvalue weighted by Gasteiger charge is -2.35. The molecule has 0 N–H and O–H groups in total. The Kier molecular flexibility index (Phi) is 7.30. The highest BCUT2D eigenvalue weighted by molar-refractivity contribution is 6.03. The highest BCUT2D eigenvalue weighted by Crippen LogP contribution is 2.34. The summed E-state index contributed by atoms with van der Waals surface area (Å²) in [6.45, 7) is 2.50. The summed E-state index contributed by atoms with van der Waals surface area (Å²) in [6, 6.07) is 16.1. The molecular formula is C26H34N4O3. The van der Waals surface area contributed by atoms with Crippen molar-refractivity contribution in [2.45, 2.75) is 31.3 Å². The molecule has 1 fully saturated rings. The van der Waals surface area contributed by atoms with E-state index in [-0.39, 0.29) is 11.9 Å². The topological polar surface area (TPSA) is 57.6 Å². The van der Waals surface area contributed by atoms with Gasteiger partial charge < -0.3 is 14.4 Å². The van der Waals surface area contributed by atoms with E-state index in [9.17, 15) is 4.79 Å². The lowest BCUT2D eigenvalue weighted by molar-refractivity contribution is -0.134. The lowest BCUT2D eigenvalue weighted by atomic mass is 9.98. The Balaban J connectivity index is 1.56. The summed E-state index contributed by atoms with van der Waals surface area (Å²) in [7, 11) is 7.52. The fourth-order valence-corrected chi connectivity index (χ4v) is 4.65. The average Bonchev–Trinajstić information content (AvgIpc) is 3.30. The molecule has 2 aromatic carbocycles. The van der Waals surface area contributed by atoms with E-state index in [1.807, 2.05) is 48.5 Å². The molecule has 2 aliphatic heterocycles. The van der Waals surface area contributed by atoms with E-state index in [0.29, 0.717) is 19.0 Å². The Morgan fingerprint density at radius 2 is 1.76 bits per heavy atom. The van der Waals surface area contributed by atoms with Crippen molar-refractivity contribution < 1.29 is 14.3 Å². The van der Waals surface area contributed by atoms with Crippen molar-refractivity contribution in [3.8, 4) is 11.5 Å². The molecule has 4 rings (SSSR count). The first-order valence-corrected chi connectivity index (χ1v) is 11.5. The Morgan fingerprint density at radius 3 is 2.42 bits per heavy atom. The minimum atomic E-state index is -0.143. The predicted octanol–water partition coefficient (Wildman–Crippen LogP) is 3.41. The van der Waals surface area contributed by atoms with Crippen molar-refractivity contribution in [1.82, 2.24) is 14.8 Å². The molecule has 2 aromatic rings. The van der Waals surface area contributed by atoms with E-state index in [4.69, 9.17) is 14.6 Å². The van der Waals surface area contributed by atoms with Gasteiger partial charge in [-0.15, -0.1) is 0 Å².